The fraction of sp³-hybridized carbons (Fsp3) is 0.227. The second-order valence-electron chi connectivity index (χ2n) is 6.84. The number of hydrogen-bond donors (Lipinski definition) is 1. The summed E-state index contributed by atoms with van der Waals surface area (Å²) >= 11 is 6.02. The van der Waals surface area contributed by atoms with E-state index in [9.17, 15) is 4.79 Å². The van der Waals surface area contributed by atoms with Crippen LogP contribution >= 0.6 is 11.6 Å². The number of halogens is 1. The third kappa shape index (κ3) is 4.32. The van der Waals surface area contributed by atoms with Gasteiger partial charge in [0.15, 0.2) is 0 Å². The molecule has 0 saturated carbocycles. The fourth-order valence-electron chi connectivity index (χ4n) is 3.34. The normalized spacial score (nSPS) is 13.4. The number of nitrogens with zero attached hydrogens (tertiary/aromatic N) is 3. The zero-order chi connectivity index (χ0) is 20.2. The van der Waals surface area contributed by atoms with Gasteiger partial charge in [0.05, 0.1) is 12.8 Å². The maximum absolute atomic E-state index is 12.6. The van der Waals surface area contributed by atoms with Crippen LogP contribution in [0.4, 0.5) is 11.6 Å². The lowest BCUT2D eigenvalue weighted by molar-refractivity contribution is 0.102. The largest absolute Gasteiger partial charge is 0.495 e. The molecule has 1 amide bonds. The molecule has 1 aromatic heterocycles. The molecule has 0 unspecified atom stereocenters. The van der Waals surface area contributed by atoms with Crippen LogP contribution in [-0.4, -0.2) is 36.1 Å². The van der Waals surface area contributed by atoms with Gasteiger partial charge in [0.25, 0.3) is 5.91 Å². The topological polar surface area (TPSA) is 67.3 Å². The zero-order valence-corrected chi connectivity index (χ0v) is 16.8. The van der Waals surface area contributed by atoms with E-state index in [1.54, 1.807) is 37.4 Å². The third-order valence-corrected chi connectivity index (χ3v) is 5.15. The molecule has 0 bridgehead atoms. The van der Waals surface area contributed by atoms with Gasteiger partial charge in [-0.05, 0) is 48.7 Å². The number of methoxy groups -OCH3 is 1. The lowest BCUT2D eigenvalue weighted by Crippen LogP contribution is -2.20. The van der Waals surface area contributed by atoms with Crippen molar-refractivity contribution in [3.63, 3.8) is 0 Å². The molecule has 0 spiro atoms. The SMILES string of the molecule is COc1ccc(Cl)cc1NC(=O)c1ccc(-c2cnc(N3CCCC3)nc2)cc1. The molecule has 0 radical (unpaired) electrons. The van der Waals surface area contributed by atoms with E-state index < -0.39 is 0 Å². The fourth-order valence-corrected chi connectivity index (χ4v) is 3.51. The summed E-state index contributed by atoms with van der Waals surface area (Å²) in [5, 5.41) is 3.36. The minimum absolute atomic E-state index is 0.238. The van der Waals surface area contributed by atoms with Crippen LogP contribution in [0.3, 0.4) is 0 Å². The highest BCUT2D eigenvalue weighted by Crippen LogP contribution is 2.28. The molecule has 1 saturated heterocycles. The van der Waals surface area contributed by atoms with Gasteiger partial charge in [0, 0.05) is 41.6 Å². The maximum Gasteiger partial charge on any atom is 0.255 e. The van der Waals surface area contributed by atoms with Crippen molar-refractivity contribution in [3.8, 4) is 16.9 Å². The molecule has 1 aliphatic rings. The predicted molar refractivity (Wildman–Crippen MR) is 115 cm³/mol. The van der Waals surface area contributed by atoms with Crippen molar-refractivity contribution >= 4 is 29.1 Å². The summed E-state index contributed by atoms with van der Waals surface area (Å²) in [6, 6.07) is 12.4. The number of hydrogen-bond acceptors (Lipinski definition) is 5. The first-order valence-electron chi connectivity index (χ1n) is 9.46. The van der Waals surface area contributed by atoms with E-state index in [2.05, 4.69) is 20.2 Å². The number of carbonyl (C=O) groups excluding carboxylic acids is 1. The number of rotatable bonds is 5. The van der Waals surface area contributed by atoms with Gasteiger partial charge in [0.2, 0.25) is 5.95 Å². The van der Waals surface area contributed by atoms with Gasteiger partial charge >= 0.3 is 0 Å². The van der Waals surface area contributed by atoms with Crippen molar-refractivity contribution in [1.82, 2.24) is 9.97 Å². The van der Waals surface area contributed by atoms with Crippen LogP contribution in [0.5, 0.6) is 5.75 Å². The lowest BCUT2D eigenvalue weighted by atomic mass is 10.1. The summed E-state index contributed by atoms with van der Waals surface area (Å²) in [6.07, 6.45) is 6.03. The standard InChI is InChI=1S/C22H21ClN4O2/c1-29-20-9-8-18(23)12-19(20)26-21(28)16-6-4-15(5-7-16)17-13-24-22(25-14-17)27-10-2-3-11-27/h4-9,12-14H,2-3,10-11H2,1H3,(H,26,28). The van der Waals surface area contributed by atoms with Crippen molar-refractivity contribution in [1.29, 1.82) is 0 Å². The molecule has 2 aromatic carbocycles. The van der Waals surface area contributed by atoms with Gasteiger partial charge in [-0.25, -0.2) is 9.97 Å². The molecule has 29 heavy (non-hydrogen) atoms. The zero-order valence-electron chi connectivity index (χ0n) is 16.1. The molecule has 148 valence electrons. The Morgan fingerprint density at radius 1 is 1.03 bits per heavy atom. The van der Waals surface area contributed by atoms with Crippen LogP contribution < -0.4 is 15.0 Å². The summed E-state index contributed by atoms with van der Waals surface area (Å²) in [6.45, 7) is 2.03. The van der Waals surface area contributed by atoms with Crippen LogP contribution in [0.2, 0.25) is 5.02 Å². The molecule has 1 N–H and O–H groups in total. The summed E-state index contributed by atoms with van der Waals surface area (Å²) in [4.78, 5) is 23.8. The average Bonchev–Trinajstić information content (AvgIpc) is 3.29. The number of anilines is 2. The van der Waals surface area contributed by atoms with Gasteiger partial charge < -0.3 is 15.0 Å². The Morgan fingerprint density at radius 3 is 2.38 bits per heavy atom. The first-order chi connectivity index (χ1) is 14.1. The van der Waals surface area contributed by atoms with E-state index in [0.29, 0.717) is 22.0 Å². The first-order valence-corrected chi connectivity index (χ1v) is 9.84. The van der Waals surface area contributed by atoms with E-state index >= 15 is 0 Å². The second kappa shape index (κ2) is 8.49. The summed E-state index contributed by atoms with van der Waals surface area (Å²) < 4.78 is 5.27. The lowest BCUT2D eigenvalue weighted by Gasteiger charge is -2.14. The Bertz CT molecular complexity index is 1000. The van der Waals surface area contributed by atoms with Crippen LogP contribution in [0.1, 0.15) is 23.2 Å². The predicted octanol–water partition coefficient (Wildman–Crippen LogP) is 4.66. The summed E-state index contributed by atoms with van der Waals surface area (Å²) in [7, 11) is 1.55. The Kier molecular flexibility index (Phi) is 5.62. The number of carbonyl (C=O) groups is 1. The Balaban J connectivity index is 1.47. The van der Waals surface area contributed by atoms with Crippen molar-refractivity contribution in [2.45, 2.75) is 12.8 Å². The first kappa shape index (κ1) is 19.2. The smallest absolute Gasteiger partial charge is 0.255 e. The molecule has 0 aliphatic carbocycles. The van der Waals surface area contributed by atoms with E-state index in [-0.39, 0.29) is 5.91 Å². The van der Waals surface area contributed by atoms with E-state index in [4.69, 9.17) is 16.3 Å². The summed E-state index contributed by atoms with van der Waals surface area (Å²) in [5.74, 6) is 1.09. The second-order valence-corrected chi connectivity index (χ2v) is 7.28. The molecule has 2 heterocycles. The van der Waals surface area contributed by atoms with Crippen molar-refractivity contribution in [2.24, 2.45) is 0 Å². The van der Waals surface area contributed by atoms with Crippen LogP contribution in [-0.2, 0) is 0 Å². The number of nitrogens with one attached hydrogen (secondary N) is 1. The quantitative estimate of drug-likeness (QED) is 0.665. The maximum atomic E-state index is 12.6. The summed E-state index contributed by atoms with van der Waals surface area (Å²) in [5.41, 5.74) is 2.93. The molecular formula is C22H21ClN4O2. The van der Waals surface area contributed by atoms with Gasteiger partial charge in [-0.2, -0.15) is 0 Å². The van der Waals surface area contributed by atoms with E-state index in [1.807, 2.05) is 24.5 Å². The average molecular weight is 409 g/mol. The highest BCUT2D eigenvalue weighted by molar-refractivity contribution is 6.31. The van der Waals surface area contributed by atoms with Gasteiger partial charge in [0.1, 0.15) is 5.75 Å². The molecule has 3 aromatic rings. The van der Waals surface area contributed by atoms with Gasteiger partial charge in [-0.3, -0.25) is 4.79 Å². The highest BCUT2D eigenvalue weighted by Gasteiger charge is 2.15. The van der Waals surface area contributed by atoms with E-state index in [1.165, 1.54) is 12.8 Å². The number of aromatic nitrogens is 2. The molecule has 0 atom stereocenters. The van der Waals surface area contributed by atoms with Crippen molar-refractivity contribution in [3.05, 3.63) is 65.4 Å². The van der Waals surface area contributed by atoms with Gasteiger partial charge in [-0.15, -0.1) is 0 Å². The molecule has 1 fully saturated rings. The van der Waals surface area contributed by atoms with Crippen LogP contribution in [0, 0.1) is 0 Å². The van der Waals surface area contributed by atoms with Gasteiger partial charge in [-0.1, -0.05) is 23.7 Å². The number of benzene rings is 2. The molecule has 6 nitrogen and oxygen atoms in total. The van der Waals surface area contributed by atoms with Crippen molar-refractivity contribution < 1.29 is 9.53 Å². The highest BCUT2D eigenvalue weighted by atomic mass is 35.5. The molecule has 4 rings (SSSR count). The van der Waals surface area contributed by atoms with Crippen molar-refractivity contribution in [2.75, 3.05) is 30.4 Å². The minimum Gasteiger partial charge on any atom is -0.495 e. The third-order valence-electron chi connectivity index (χ3n) is 4.92. The molecular weight excluding hydrogens is 388 g/mol. The van der Waals surface area contributed by atoms with Crippen LogP contribution in [0.15, 0.2) is 54.9 Å². The number of amides is 1. The molecule has 7 heteroatoms. The Hall–Kier alpha value is -3.12. The Morgan fingerprint density at radius 2 is 1.72 bits per heavy atom. The number of ether oxygens (including phenoxy) is 1. The van der Waals surface area contributed by atoms with E-state index in [0.717, 1.165) is 30.2 Å². The minimum atomic E-state index is -0.238. The monoisotopic (exact) mass is 408 g/mol. The van der Waals surface area contributed by atoms with Crippen LogP contribution in [0.25, 0.3) is 11.1 Å². The Labute approximate surface area is 174 Å². The molecule has 1 aliphatic heterocycles.